The lowest BCUT2D eigenvalue weighted by Gasteiger charge is -2.39. The average molecular weight is 295 g/mol. The minimum atomic E-state index is 0.550. The van der Waals surface area contributed by atoms with Crippen LogP contribution in [0, 0.1) is 17.3 Å². The second-order valence-electron chi connectivity index (χ2n) is 8.41. The van der Waals surface area contributed by atoms with Gasteiger partial charge in [-0.1, -0.05) is 34.1 Å². The summed E-state index contributed by atoms with van der Waals surface area (Å²) in [5.41, 5.74) is 0.550. The van der Waals surface area contributed by atoms with E-state index in [-0.39, 0.29) is 0 Å². The molecule has 124 valence electrons. The molecule has 0 aromatic rings. The Balaban J connectivity index is 1.62. The van der Waals surface area contributed by atoms with E-state index in [4.69, 9.17) is 0 Å². The lowest BCUT2D eigenvalue weighted by molar-refractivity contribution is 0.135. The third-order valence-corrected chi connectivity index (χ3v) is 6.27. The molecule has 1 N–H and O–H groups in total. The zero-order chi connectivity index (χ0) is 15.3. The number of rotatable bonds is 7. The zero-order valence-corrected chi connectivity index (χ0v) is 15.0. The highest BCUT2D eigenvalue weighted by molar-refractivity contribution is 4.85. The highest BCUT2D eigenvalue weighted by atomic mass is 15.1. The minimum absolute atomic E-state index is 0.550. The Bertz CT molecular complexity index is 286. The van der Waals surface area contributed by atoms with E-state index < -0.39 is 0 Å². The van der Waals surface area contributed by atoms with Crippen molar-refractivity contribution in [2.24, 2.45) is 17.3 Å². The van der Waals surface area contributed by atoms with Crippen molar-refractivity contribution in [3.8, 4) is 0 Å². The normalized spacial score (nSPS) is 29.7. The van der Waals surface area contributed by atoms with Crippen LogP contribution in [0.5, 0.6) is 0 Å². The number of hydrogen-bond donors (Lipinski definition) is 1. The van der Waals surface area contributed by atoms with E-state index in [2.05, 4.69) is 37.9 Å². The Hall–Kier alpha value is -0.0800. The molecule has 0 amide bonds. The lowest BCUT2D eigenvalue weighted by atomic mass is 9.69. The van der Waals surface area contributed by atoms with Crippen LogP contribution in [0.15, 0.2) is 0 Å². The van der Waals surface area contributed by atoms with Crippen LogP contribution in [0.4, 0.5) is 0 Å². The van der Waals surface area contributed by atoms with E-state index in [1.54, 1.807) is 0 Å². The highest BCUT2D eigenvalue weighted by Crippen LogP contribution is 2.40. The van der Waals surface area contributed by atoms with Crippen LogP contribution in [-0.4, -0.2) is 37.1 Å². The van der Waals surface area contributed by atoms with Crippen molar-refractivity contribution in [2.45, 2.75) is 78.7 Å². The number of nitrogens with one attached hydrogen (secondary N) is 1. The summed E-state index contributed by atoms with van der Waals surface area (Å²) in [5, 5.41) is 3.86. The van der Waals surface area contributed by atoms with Gasteiger partial charge in [-0.2, -0.15) is 0 Å². The smallest absolute Gasteiger partial charge is 0.00673 e. The summed E-state index contributed by atoms with van der Waals surface area (Å²) in [4.78, 5) is 2.65. The van der Waals surface area contributed by atoms with E-state index >= 15 is 0 Å². The Labute approximate surface area is 133 Å². The van der Waals surface area contributed by atoms with Crippen LogP contribution in [0.3, 0.4) is 0 Å². The second kappa shape index (κ2) is 7.97. The lowest BCUT2D eigenvalue weighted by Crippen LogP contribution is -2.40. The Morgan fingerprint density at radius 1 is 1.10 bits per heavy atom. The van der Waals surface area contributed by atoms with Gasteiger partial charge in [-0.05, 0) is 75.4 Å². The number of nitrogens with zero attached hydrogens (tertiary/aromatic N) is 1. The first kappa shape index (κ1) is 17.3. The van der Waals surface area contributed by atoms with Gasteiger partial charge in [0.15, 0.2) is 0 Å². The van der Waals surface area contributed by atoms with Gasteiger partial charge >= 0.3 is 0 Å². The van der Waals surface area contributed by atoms with E-state index in [1.165, 1.54) is 71.1 Å². The van der Waals surface area contributed by atoms with Gasteiger partial charge < -0.3 is 10.2 Å². The molecule has 0 spiro atoms. The fourth-order valence-corrected chi connectivity index (χ4v) is 4.21. The molecule has 1 aliphatic carbocycles. The predicted octanol–water partition coefficient (Wildman–Crippen LogP) is 4.30. The van der Waals surface area contributed by atoms with Crippen molar-refractivity contribution in [3.63, 3.8) is 0 Å². The molecular weight excluding hydrogens is 256 g/mol. The zero-order valence-electron chi connectivity index (χ0n) is 15.0. The SMILES string of the molecule is CCC(C)(C)C1CCC(NCC(C)CN2CCCC2)CC1. The molecule has 2 heteroatoms. The van der Waals surface area contributed by atoms with Gasteiger partial charge in [0.25, 0.3) is 0 Å². The van der Waals surface area contributed by atoms with Crippen molar-refractivity contribution in [3.05, 3.63) is 0 Å². The molecule has 1 atom stereocenters. The quantitative estimate of drug-likeness (QED) is 0.753. The maximum Gasteiger partial charge on any atom is 0.00673 e. The maximum atomic E-state index is 3.86. The van der Waals surface area contributed by atoms with Crippen molar-refractivity contribution in [2.75, 3.05) is 26.2 Å². The Morgan fingerprint density at radius 2 is 1.71 bits per heavy atom. The van der Waals surface area contributed by atoms with Crippen LogP contribution < -0.4 is 5.32 Å². The van der Waals surface area contributed by atoms with Crippen molar-refractivity contribution >= 4 is 0 Å². The standard InChI is InChI=1S/C19H38N2/c1-5-19(3,4)17-8-10-18(11-9-17)20-14-16(2)15-21-12-6-7-13-21/h16-18,20H,5-15H2,1-4H3. The molecular formula is C19H38N2. The van der Waals surface area contributed by atoms with Crippen LogP contribution in [-0.2, 0) is 0 Å². The average Bonchev–Trinajstić information content (AvgIpc) is 2.98. The summed E-state index contributed by atoms with van der Waals surface area (Å²) in [5.74, 6) is 1.75. The minimum Gasteiger partial charge on any atom is -0.314 e. The molecule has 2 rings (SSSR count). The van der Waals surface area contributed by atoms with Gasteiger partial charge in [0.05, 0.1) is 0 Å². The summed E-state index contributed by atoms with van der Waals surface area (Å²) in [7, 11) is 0. The van der Waals surface area contributed by atoms with Crippen LogP contribution >= 0.6 is 0 Å². The van der Waals surface area contributed by atoms with Crippen molar-refractivity contribution < 1.29 is 0 Å². The van der Waals surface area contributed by atoms with Gasteiger partial charge in [0, 0.05) is 12.6 Å². The van der Waals surface area contributed by atoms with Gasteiger partial charge in [0.1, 0.15) is 0 Å². The van der Waals surface area contributed by atoms with Gasteiger partial charge in [-0.3, -0.25) is 0 Å². The summed E-state index contributed by atoms with van der Waals surface area (Å²) in [6.07, 6.45) is 9.80. The van der Waals surface area contributed by atoms with Crippen LogP contribution in [0.25, 0.3) is 0 Å². The molecule has 2 fully saturated rings. The summed E-state index contributed by atoms with van der Waals surface area (Å²) >= 11 is 0. The fourth-order valence-electron chi connectivity index (χ4n) is 4.21. The first-order valence-corrected chi connectivity index (χ1v) is 9.47. The van der Waals surface area contributed by atoms with Gasteiger partial charge in [0.2, 0.25) is 0 Å². The number of likely N-dealkylation sites (tertiary alicyclic amines) is 1. The molecule has 21 heavy (non-hydrogen) atoms. The van der Waals surface area contributed by atoms with Crippen molar-refractivity contribution in [1.82, 2.24) is 10.2 Å². The number of hydrogen-bond acceptors (Lipinski definition) is 2. The third-order valence-electron chi connectivity index (χ3n) is 6.27. The van der Waals surface area contributed by atoms with E-state index in [0.717, 1.165) is 17.9 Å². The van der Waals surface area contributed by atoms with Crippen LogP contribution in [0.1, 0.15) is 72.6 Å². The van der Waals surface area contributed by atoms with Gasteiger partial charge in [-0.25, -0.2) is 0 Å². The molecule has 1 aliphatic heterocycles. The molecule has 0 bridgehead atoms. The highest BCUT2D eigenvalue weighted by Gasteiger charge is 2.31. The molecule has 2 aliphatic rings. The molecule has 0 radical (unpaired) electrons. The first-order valence-electron chi connectivity index (χ1n) is 9.47. The van der Waals surface area contributed by atoms with E-state index in [9.17, 15) is 0 Å². The molecule has 1 saturated carbocycles. The topological polar surface area (TPSA) is 15.3 Å². The van der Waals surface area contributed by atoms with Crippen LogP contribution in [0.2, 0.25) is 0 Å². The largest absolute Gasteiger partial charge is 0.314 e. The fraction of sp³-hybridized carbons (Fsp3) is 1.00. The summed E-state index contributed by atoms with van der Waals surface area (Å²) in [6, 6.07) is 0.787. The monoisotopic (exact) mass is 294 g/mol. The molecule has 1 heterocycles. The molecule has 1 saturated heterocycles. The van der Waals surface area contributed by atoms with E-state index in [0.29, 0.717) is 5.41 Å². The Kier molecular flexibility index (Phi) is 6.55. The molecule has 1 unspecified atom stereocenters. The summed E-state index contributed by atoms with van der Waals surface area (Å²) < 4.78 is 0. The summed E-state index contributed by atoms with van der Waals surface area (Å²) in [6.45, 7) is 14.9. The Morgan fingerprint density at radius 3 is 2.29 bits per heavy atom. The van der Waals surface area contributed by atoms with Crippen molar-refractivity contribution in [1.29, 1.82) is 0 Å². The molecule has 2 nitrogen and oxygen atoms in total. The van der Waals surface area contributed by atoms with Gasteiger partial charge in [-0.15, -0.1) is 0 Å². The first-order chi connectivity index (χ1) is 10.0. The molecule has 0 aromatic heterocycles. The molecule has 0 aromatic carbocycles. The maximum absolute atomic E-state index is 3.86. The third kappa shape index (κ3) is 5.25. The second-order valence-corrected chi connectivity index (χ2v) is 8.41. The van der Waals surface area contributed by atoms with E-state index in [1.807, 2.05) is 0 Å². The predicted molar refractivity (Wildman–Crippen MR) is 92.7 cm³/mol.